The molecular weight excluding hydrogens is 354 g/mol. The first-order valence-corrected chi connectivity index (χ1v) is 8.69. The molecule has 1 aliphatic rings. The van der Waals surface area contributed by atoms with E-state index < -0.39 is 0 Å². The number of nitrogens with one attached hydrogen (secondary N) is 2. The van der Waals surface area contributed by atoms with E-state index >= 15 is 0 Å². The van der Waals surface area contributed by atoms with Gasteiger partial charge in [-0.1, -0.05) is 6.07 Å². The van der Waals surface area contributed by atoms with E-state index in [9.17, 15) is 9.90 Å². The van der Waals surface area contributed by atoms with Crippen molar-refractivity contribution < 1.29 is 19.4 Å². The maximum Gasteiger partial charge on any atom is 0.275 e. The number of benzene rings is 2. The fraction of sp³-hybridized carbons (Fsp3) is 0.111. The molecule has 0 aliphatic carbocycles. The highest BCUT2D eigenvalue weighted by Crippen LogP contribution is 2.35. The van der Waals surface area contributed by atoms with Gasteiger partial charge in [-0.05, 0) is 36.8 Å². The van der Waals surface area contributed by atoms with Crippen molar-refractivity contribution in [3.05, 3.63) is 53.0 Å². The minimum atomic E-state index is -0.390. The lowest BCUT2D eigenvalue weighted by Gasteiger charge is -2.06. The van der Waals surface area contributed by atoms with Crippen LogP contribution >= 0.6 is 11.3 Å². The smallest absolute Gasteiger partial charge is 0.275 e. The number of phenolic OH excluding ortho intramolecular Hbond substituents is 1. The van der Waals surface area contributed by atoms with Gasteiger partial charge in [0.25, 0.3) is 5.91 Å². The molecule has 3 aromatic rings. The Bertz CT molecular complexity index is 986. The Hall–Kier alpha value is -3.26. The van der Waals surface area contributed by atoms with Gasteiger partial charge in [0.1, 0.15) is 11.4 Å². The molecule has 0 saturated carbocycles. The number of hydrogen-bond donors (Lipinski definition) is 3. The summed E-state index contributed by atoms with van der Waals surface area (Å²) in [6.45, 7) is 2.08. The van der Waals surface area contributed by atoms with Gasteiger partial charge in [0.15, 0.2) is 16.6 Å². The van der Waals surface area contributed by atoms with Crippen molar-refractivity contribution in [1.82, 2.24) is 4.98 Å². The van der Waals surface area contributed by atoms with Crippen LogP contribution in [0.2, 0.25) is 0 Å². The molecule has 2 aromatic carbocycles. The van der Waals surface area contributed by atoms with E-state index in [1.807, 2.05) is 31.2 Å². The highest BCUT2D eigenvalue weighted by atomic mass is 32.1. The summed E-state index contributed by atoms with van der Waals surface area (Å²) >= 11 is 1.31. The van der Waals surface area contributed by atoms with Crippen molar-refractivity contribution in [3.63, 3.8) is 0 Å². The predicted octanol–water partition coefficient (Wildman–Crippen LogP) is 3.88. The number of amides is 1. The number of hydrogen-bond acceptors (Lipinski definition) is 7. The molecule has 1 aromatic heterocycles. The molecule has 0 saturated heterocycles. The first kappa shape index (κ1) is 16.2. The quantitative estimate of drug-likeness (QED) is 0.605. The Morgan fingerprint density at radius 3 is 2.88 bits per heavy atom. The number of rotatable bonds is 4. The summed E-state index contributed by atoms with van der Waals surface area (Å²) < 4.78 is 10.6. The number of nitrogens with zero attached hydrogens (tertiary/aromatic N) is 1. The Balaban J connectivity index is 1.46. The number of aromatic hydroxyl groups is 1. The van der Waals surface area contributed by atoms with Crippen LogP contribution in [0.15, 0.2) is 41.8 Å². The second kappa shape index (κ2) is 6.57. The largest absolute Gasteiger partial charge is 0.506 e. The lowest BCUT2D eigenvalue weighted by molar-refractivity contribution is 0.102. The molecule has 0 bridgehead atoms. The fourth-order valence-corrected chi connectivity index (χ4v) is 3.18. The minimum absolute atomic E-state index is 0.0206. The molecule has 2 heterocycles. The van der Waals surface area contributed by atoms with Gasteiger partial charge >= 0.3 is 0 Å². The van der Waals surface area contributed by atoms with Crippen LogP contribution in [0.3, 0.4) is 0 Å². The first-order valence-electron chi connectivity index (χ1n) is 7.82. The molecule has 132 valence electrons. The zero-order chi connectivity index (χ0) is 18.1. The summed E-state index contributed by atoms with van der Waals surface area (Å²) in [7, 11) is 0. The monoisotopic (exact) mass is 369 g/mol. The SMILES string of the molecule is Cc1ccc(NC(=O)c2csc(Nc3ccc4c(c3)OCO4)n2)c(O)c1. The van der Waals surface area contributed by atoms with Gasteiger partial charge in [-0.3, -0.25) is 4.79 Å². The van der Waals surface area contributed by atoms with E-state index in [0.29, 0.717) is 22.3 Å². The molecular formula is C18H15N3O4S. The number of fused-ring (bicyclic) bond motifs is 1. The highest BCUT2D eigenvalue weighted by Gasteiger charge is 2.15. The summed E-state index contributed by atoms with van der Waals surface area (Å²) in [6.07, 6.45) is 0. The third-order valence-corrected chi connectivity index (χ3v) is 4.52. The minimum Gasteiger partial charge on any atom is -0.506 e. The fourth-order valence-electron chi connectivity index (χ4n) is 2.47. The first-order chi connectivity index (χ1) is 12.6. The zero-order valence-electron chi connectivity index (χ0n) is 13.8. The maximum absolute atomic E-state index is 12.3. The van der Waals surface area contributed by atoms with Crippen molar-refractivity contribution in [3.8, 4) is 17.2 Å². The predicted molar refractivity (Wildman–Crippen MR) is 98.8 cm³/mol. The van der Waals surface area contributed by atoms with Crippen LogP contribution in [0.4, 0.5) is 16.5 Å². The number of anilines is 3. The number of carbonyl (C=O) groups excluding carboxylic acids is 1. The summed E-state index contributed by atoms with van der Waals surface area (Å²) in [5.74, 6) is 0.999. The Labute approximate surface area is 153 Å². The Morgan fingerprint density at radius 2 is 2.04 bits per heavy atom. The lowest BCUT2D eigenvalue weighted by Crippen LogP contribution is -2.12. The van der Waals surface area contributed by atoms with Crippen molar-refractivity contribution in [2.45, 2.75) is 6.92 Å². The van der Waals surface area contributed by atoms with Crippen LogP contribution < -0.4 is 20.1 Å². The molecule has 0 radical (unpaired) electrons. The topological polar surface area (TPSA) is 92.7 Å². The van der Waals surface area contributed by atoms with Gasteiger partial charge in [0.2, 0.25) is 6.79 Å². The molecule has 3 N–H and O–H groups in total. The average Bonchev–Trinajstić information content (AvgIpc) is 3.26. The molecule has 1 amide bonds. The number of ether oxygens (including phenoxy) is 2. The summed E-state index contributed by atoms with van der Waals surface area (Å²) in [6, 6.07) is 10.5. The molecule has 4 rings (SSSR count). The lowest BCUT2D eigenvalue weighted by atomic mass is 10.2. The van der Waals surface area contributed by atoms with E-state index in [2.05, 4.69) is 15.6 Å². The maximum atomic E-state index is 12.3. The van der Waals surface area contributed by atoms with Gasteiger partial charge < -0.3 is 25.2 Å². The molecule has 8 heteroatoms. The van der Waals surface area contributed by atoms with Crippen LogP contribution in [0.1, 0.15) is 16.1 Å². The molecule has 0 spiro atoms. The molecule has 0 unspecified atom stereocenters. The van der Waals surface area contributed by atoms with E-state index in [-0.39, 0.29) is 24.1 Å². The Kier molecular flexibility index (Phi) is 4.10. The average molecular weight is 369 g/mol. The summed E-state index contributed by atoms with van der Waals surface area (Å²) in [4.78, 5) is 16.6. The van der Waals surface area contributed by atoms with Gasteiger partial charge in [-0.25, -0.2) is 4.98 Å². The van der Waals surface area contributed by atoms with E-state index in [1.165, 1.54) is 11.3 Å². The van der Waals surface area contributed by atoms with Crippen molar-refractivity contribution in [1.29, 1.82) is 0 Å². The van der Waals surface area contributed by atoms with Crippen LogP contribution in [-0.4, -0.2) is 22.8 Å². The molecule has 26 heavy (non-hydrogen) atoms. The van der Waals surface area contributed by atoms with Crippen molar-refractivity contribution in [2.75, 3.05) is 17.4 Å². The highest BCUT2D eigenvalue weighted by molar-refractivity contribution is 7.14. The number of carbonyl (C=O) groups is 1. The third kappa shape index (κ3) is 3.27. The number of phenols is 1. The van der Waals surface area contributed by atoms with Crippen LogP contribution in [-0.2, 0) is 0 Å². The normalized spacial score (nSPS) is 12.0. The van der Waals surface area contributed by atoms with Crippen molar-refractivity contribution >= 4 is 33.8 Å². The van der Waals surface area contributed by atoms with Gasteiger partial charge in [0.05, 0.1) is 5.69 Å². The van der Waals surface area contributed by atoms with Crippen LogP contribution in [0.5, 0.6) is 17.2 Å². The van der Waals surface area contributed by atoms with E-state index in [4.69, 9.17) is 9.47 Å². The molecule has 0 atom stereocenters. The number of aryl methyl sites for hydroxylation is 1. The van der Waals surface area contributed by atoms with Crippen LogP contribution in [0, 0.1) is 6.92 Å². The van der Waals surface area contributed by atoms with Crippen LogP contribution in [0.25, 0.3) is 0 Å². The second-order valence-corrected chi connectivity index (χ2v) is 6.56. The van der Waals surface area contributed by atoms with E-state index in [0.717, 1.165) is 11.3 Å². The Morgan fingerprint density at radius 1 is 1.19 bits per heavy atom. The molecule has 1 aliphatic heterocycles. The zero-order valence-corrected chi connectivity index (χ0v) is 14.6. The van der Waals surface area contributed by atoms with Gasteiger partial charge in [-0.2, -0.15) is 0 Å². The molecule has 0 fully saturated rings. The van der Waals surface area contributed by atoms with Crippen molar-refractivity contribution in [2.24, 2.45) is 0 Å². The van der Waals surface area contributed by atoms with Gasteiger partial charge in [-0.15, -0.1) is 11.3 Å². The van der Waals surface area contributed by atoms with E-state index in [1.54, 1.807) is 17.5 Å². The third-order valence-electron chi connectivity index (χ3n) is 3.76. The van der Waals surface area contributed by atoms with Gasteiger partial charge in [0, 0.05) is 17.1 Å². The second-order valence-electron chi connectivity index (χ2n) is 5.71. The molecule has 7 nitrogen and oxygen atoms in total. The number of thiazole rings is 1. The standard InChI is InChI=1S/C18H15N3O4S/c1-10-2-4-12(14(22)6-10)20-17(23)13-8-26-18(21-13)19-11-3-5-15-16(7-11)25-9-24-15/h2-8,22H,9H2,1H3,(H,19,21)(H,20,23). The number of aromatic nitrogens is 1. The summed E-state index contributed by atoms with van der Waals surface area (Å²) in [5.41, 5.74) is 2.30. The summed E-state index contributed by atoms with van der Waals surface area (Å²) in [5, 5.41) is 17.9.